The summed E-state index contributed by atoms with van der Waals surface area (Å²) in [5, 5.41) is 106. The number of unbranched alkanes of at least 4 members (excludes halogenated alkanes) is 1. The molecule has 0 aromatic rings. The van der Waals surface area contributed by atoms with Crippen molar-refractivity contribution in [1.82, 2.24) is 0 Å². The number of aliphatic hydroxyl groups excluding tert-OH is 4. The zero-order chi connectivity index (χ0) is 34.6. The third-order valence-corrected chi connectivity index (χ3v) is 3.41. The first kappa shape index (κ1) is 47.4. The van der Waals surface area contributed by atoms with Crippen LogP contribution < -0.4 is 0 Å². The van der Waals surface area contributed by atoms with Crippen molar-refractivity contribution in [1.29, 1.82) is 0 Å². The van der Waals surface area contributed by atoms with E-state index in [0.29, 0.717) is 0 Å². The maximum absolute atomic E-state index is 10.3. The Morgan fingerprint density at radius 1 is 0.571 bits per heavy atom. The van der Waals surface area contributed by atoms with Crippen LogP contribution in [0.2, 0.25) is 0 Å². The van der Waals surface area contributed by atoms with Crippen LogP contribution in [0.15, 0.2) is 0 Å². The largest absolute Gasteiger partial charge is 0.481 e. The smallest absolute Gasteiger partial charge is 0.336 e. The van der Waals surface area contributed by atoms with Crippen molar-refractivity contribution < 1.29 is 105 Å². The molecule has 2 unspecified atom stereocenters. The Balaban J connectivity index is -0.000000141. The van der Waals surface area contributed by atoms with E-state index >= 15 is 0 Å². The summed E-state index contributed by atoms with van der Waals surface area (Å²) in [7, 11) is 0. The van der Waals surface area contributed by atoms with Crippen molar-refractivity contribution in [2.45, 2.75) is 69.7 Å². The molecule has 0 aliphatic rings. The Morgan fingerprint density at radius 3 is 1.00 bits per heavy atom. The molecule has 0 aliphatic heterocycles. The van der Waals surface area contributed by atoms with Crippen LogP contribution in [0, 0.1) is 0 Å². The lowest BCUT2D eigenvalue weighted by molar-refractivity contribution is -0.170. The van der Waals surface area contributed by atoms with E-state index in [1.807, 2.05) is 0 Å². The summed E-state index contributed by atoms with van der Waals surface area (Å²) in [6.07, 6.45) is -5.22. The monoisotopic (exact) mass is 624 g/mol. The second kappa shape index (κ2) is 28.1. The minimum atomic E-state index is -2.74. The van der Waals surface area contributed by atoms with Crippen LogP contribution in [0.1, 0.15) is 51.9 Å². The Labute approximate surface area is 236 Å². The molecule has 0 fully saturated rings. The van der Waals surface area contributed by atoms with Crippen molar-refractivity contribution in [2.75, 3.05) is 13.2 Å². The highest BCUT2D eigenvalue weighted by atomic mass is 16.4. The van der Waals surface area contributed by atoms with Crippen LogP contribution in [0.25, 0.3) is 0 Å². The number of hydrogen-bond donors (Lipinski definition) is 13. The van der Waals surface area contributed by atoms with Gasteiger partial charge in [0.05, 0.1) is 32.1 Å². The molecule has 246 valence electrons. The molecule has 0 bridgehead atoms. The predicted octanol–water partition coefficient (Wildman–Crippen LogP) is -3.20. The first-order valence-electron chi connectivity index (χ1n) is 11.1. The van der Waals surface area contributed by atoms with Crippen LogP contribution in [0.3, 0.4) is 0 Å². The van der Waals surface area contributed by atoms with Gasteiger partial charge in [-0.2, -0.15) is 0 Å². The van der Waals surface area contributed by atoms with Crippen LogP contribution in [0.4, 0.5) is 0 Å². The molecule has 42 heavy (non-hydrogen) atoms. The molecule has 0 saturated carbocycles. The molecule has 0 spiro atoms. The lowest BCUT2D eigenvalue weighted by Gasteiger charge is -2.18. The number of hydrogen-bond acceptors (Lipinski definition) is 13. The van der Waals surface area contributed by atoms with Gasteiger partial charge in [-0.1, -0.05) is 0 Å². The molecule has 13 N–H and O–H groups in total. The molecule has 0 aromatic carbocycles. The Kier molecular flexibility index (Phi) is 31.7. The average Bonchev–Trinajstić information content (AvgIpc) is 2.81. The molecule has 0 aliphatic carbocycles. The highest BCUT2D eigenvalue weighted by molar-refractivity contribution is 5.88. The normalized spacial score (nSPS) is 10.9. The Morgan fingerprint density at radius 2 is 0.881 bits per heavy atom. The molecule has 0 saturated heterocycles. The third-order valence-electron chi connectivity index (χ3n) is 3.41. The molecular weight excluding hydrogens is 588 g/mol. The van der Waals surface area contributed by atoms with E-state index in [0.717, 1.165) is 12.8 Å². The zero-order valence-electron chi connectivity index (χ0n) is 22.1. The lowest BCUT2D eigenvalue weighted by Crippen LogP contribution is -2.42. The van der Waals surface area contributed by atoms with Crippen LogP contribution in [-0.4, -0.2) is 145 Å². The molecule has 2 atom stereocenters. The van der Waals surface area contributed by atoms with Gasteiger partial charge >= 0.3 is 47.8 Å². The summed E-state index contributed by atoms with van der Waals surface area (Å²) in [6.45, 7) is 1.59. The van der Waals surface area contributed by atoms with Gasteiger partial charge in [0.25, 0.3) is 0 Å². The van der Waals surface area contributed by atoms with Crippen molar-refractivity contribution in [2.24, 2.45) is 0 Å². The van der Waals surface area contributed by atoms with Gasteiger partial charge in [-0.25, -0.2) is 14.4 Å². The van der Waals surface area contributed by atoms with Gasteiger partial charge in [-0.3, -0.25) is 24.0 Å². The van der Waals surface area contributed by atoms with E-state index in [4.69, 9.17) is 66.4 Å². The predicted molar refractivity (Wildman–Crippen MR) is 130 cm³/mol. The summed E-state index contributed by atoms with van der Waals surface area (Å²) < 4.78 is 0. The maximum Gasteiger partial charge on any atom is 0.336 e. The summed E-state index contributed by atoms with van der Waals surface area (Å²) in [6, 6.07) is 0. The number of aliphatic carboxylic acids is 8. The number of rotatable bonds is 15. The van der Waals surface area contributed by atoms with Crippen molar-refractivity contribution in [3.63, 3.8) is 0 Å². The molecular formula is C21H36O21. The molecule has 0 amide bonds. The summed E-state index contributed by atoms with van der Waals surface area (Å²) in [4.78, 5) is 78.6. The fourth-order valence-electron chi connectivity index (χ4n) is 1.40. The molecule has 21 heteroatoms. The molecule has 0 heterocycles. The Hall–Kier alpha value is -4.44. The van der Waals surface area contributed by atoms with Crippen LogP contribution >= 0.6 is 0 Å². The van der Waals surface area contributed by atoms with E-state index < -0.39 is 84.8 Å². The first-order chi connectivity index (χ1) is 19.0. The van der Waals surface area contributed by atoms with E-state index in [9.17, 15) is 38.4 Å². The summed E-state index contributed by atoms with van der Waals surface area (Å²) >= 11 is 0. The van der Waals surface area contributed by atoms with E-state index in [1.54, 1.807) is 0 Å². The van der Waals surface area contributed by atoms with Crippen molar-refractivity contribution in [3.8, 4) is 0 Å². The lowest BCUT2D eigenvalue weighted by atomic mass is 9.96. The number of aliphatic hydroxyl groups is 5. The van der Waals surface area contributed by atoms with Crippen LogP contribution in [0.5, 0.6) is 0 Å². The fourth-order valence-corrected chi connectivity index (χ4v) is 1.40. The second-order valence-electron chi connectivity index (χ2n) is 7.39. The summed E-state index contributed by atoms with van der Waals surface area (Å²) in [5.74, 6) is -11.2. The first-order valence-corrected chi connectivity index (χ1v) is 11.1. The second-order valence-corrected chi connectivity index (χ2v) is 7.39. The number of carboxylic acids is 8. The fraction of sp³-hybridized carbons (Fsp3) is 0.619. The Bertz CT molecular complexity index is 815. The van der Waals surface area contributed by atoms with E-state index in [-0.39, 0.29) is 26.1 Å². The summed E-state index contributed by atoms with van der Waals surface area (Å²) in [5.41, 5.74) is -2.74. The molecule has 0 rings (SSSR count). The topological polar surface area (TPSA) is 400 Å². The van der Waals surface area contributed by atoms with Gasteiger partial charge in [0.2, 0.25) is 0 Å². The molecule has 0 aromatic heterocycles. The van der Waals surface area contributed by atoms with Gasteiger partial charge in [0.1, 0.15) is 6.10 Å². The number of carbonyl (C=O) groups is 8. The van der Waals surface area contributed by atoms with Gasteiger partial charge in [0, 0.05) is 13.2 Å². The zero-order valence-corrected chi connectivity index (χ0v) is 22.1. The molecule has 0 radical (unpaired) electrons. The van der Waals surface area contributed by atoms with E-state index in [1.165, 1.54) is 6.92 Å². The van der Waals surface area contributed by atoms with E-state index in [2.05, 4.69) is 0 Å². The average molecular weight is 624 g/mol. The number of carboxylic acid groups (broad SMARTS) is 8. The molecule has 21 nitrogen and oxygen atoms in total. The van der Waals surface area contributed by atoms with Gasteiger partial charge in [-0.05, 0) is 19.8 Å². The van der Waals surface area contributed by atoms with Gasteiger partial charge < -0.3 is 66.4 Å². The maximum atomic E-state index is 10.3. The van der Waals surface area contributed by atoms with Crippen molar-refractivity contribution >= 4 is 47.8 Å². The van der Waals surface area contributed by atoms with Crippen LogP contribution in [-0.2, 0) is 38.4 Å². The quantitative estimate of drug-likeness (QED) is 0.0797. The minimum Gasteiger partial charge on any atom is -0.481 e. The standard InChI is InChI=1S/C6H8O7.C4H6O5.C4H6O4.C4H10O2.C3H6O3/c7-3(8)1-6(13,5(11)12)2-4(9)10;5-2(4(8)9)1-3(6)7;5-3(6)1-2-4(7)8;5-3-1-2-4-6;1-2(4)3(5)6/h13H,1-2H2,(H,7,8)(H,9,10)(H,11,12);2,5H,1H2,(H,6,7)(H,8,9);1-2H2,(H,5,6)(H,7,8);5-6H,1-4H2;2,4H,1H3,(H,5,6). The van der Waals surface area contributed by atoms with Crippen molar-refractivity contribution in [3.05, 3.63) is 0 Å². The third kappa shape index (κ3) is 42.6. The highest BCUT2D eigenvalue weighted by Gasteiger charge is 2.40. The van der Waals surface area contributed by atoms with Gasteiger partial charge in [-0.15, -0.1) is 0 Å². The SMILES string of the molecule is CC(O)C(=O)O.O=C(O)CC(O)(CC(=O)O)C(=O)O.O=C(O)CC(O)C(=O)O.O=C(O)CCC(=O)O.OCCCCO. The minimum absolute atomic E-state index is 0.195. The van der Waals surface area contributed by atoms with Gasteiger partial charge in [0.15, 0.2) is 11.7 Å². The highest BCUT2D eigenvalue weighted by Crippen LogP contribution is 2.15.